The molecule has 1 aliphatic rings. The minimum atomic E-state index is -0.586. The molecular weight excluding hydrogens is 452 g/mol. The molecule has 172 valence electrons. The standard InChI is InChI=1S/C27H23ClN2O4/c1-4-18-7-5-6-8-22(18)34-27(33)19-11-13-20(14-12-19)29-24-23(28)25(31)30(26(24)32)21-15-16(2)9-10-17(21)3/h5-15,29H,4H2,1-3H3. The number of esters is 1. The van der Waals surface area contributed by atoms with Crippen molar-refractivity contribution in [3.8, 4) is 5.75 Å². The number of benzene rings is 3. The highest BCUT2D eigenvalue weighted by molar-refractivity contribution is 6.53. The molecule has 2 amide bonds. The predicted molar refractivity (Wildman–Crippen MR) is 132 cm³/mol. The van der Waals surface area contributed by atoms with E-state index in [1.54, 1.807) is 36.4 Å². The van der Waals surface area contributed by atoms with Gasteiger partial charge >= 0.3 is 5.97 Å². The molecule has 0 atom stereocenters. The van der Waals surface area contributed by atoms with Crippen LogP contribution in [0.2, 0.25) is 0 Å². The fraction of sp³-hybridized carbons (Fsp3) is 0.148. The second kappa shape index (κ2) is 9.53. The minimum Gasteiger partial charge on any atom is -0.423 e. The molecular formula is C27H23ClN2O4. The van der Waals surface area contributed by atoms with E-state index in [-0.39, 0.29) is 10.7 Å². The number of rotatable bonds is 6. The number of carbonyl (C=O) groups is 3. The molecule has 0 saturated carbocycles. The predicted octanol–water partition coefficient (Wildman–Crippen LogP) is 5.52. The summed E-state index contributed by atoms with van der Waals surface area (Å²) < 4.78 is 5.53. The van der Waals surface area contributed by atoms with Crippen molar-refractivity contribution in [2.75, 3.05) is 10.2 Å². The molecule has 6 nitrogen and oxygen atoms in total. The van der Waals surface area contributed by atoms with Crippen LogP contribution in [0.25, 0.3) is 0 Å². The lowest BCUT2D eigenvalue weighted by molar-refractivity contribution is -0.120. The van der Waals surface area contributed by atoms with E-state index in [4.69, 9.17) is 16.3 Å². The van der Waals surface area contributed by atoms with Gasteiger partial charge in [-0.05, 0) is 73.4 Å². The van der Waals surface area contributed by atoms with E-state index in [0.29, 0.717) is 22.7 Å². The molecule has 0 aromatic heterocycles. The minimum absolute atomic E-state index is 0.0141. The van der Waals surface area contributed by atoms with Crippen molar-refractivity contribution in [1.82, 2.24) is 0 Å². The van der Waals surface area contributed by atoms with Crippen LogP contribution >= 0.6 is 11.6 Å². The SMILES string of the molecule is CCc1ccccc1OC(=O)c1ccc(NC2=C(Cl)C(=O)N(c3cc(C)ccc3C)C2=O)cc1. The topological polar surface area (TPSA) is 75.7 Å². The number of imide groups is 1. The van der Waals surface area contributed by atoms with Crippen molar-refractivity contribution in [3.63, 3.8) is 0 Å². The van der Waals surface area contributed by atoms with Crippen molar-refractivity contribution >= 4 is 40.8 Å². The second-order valence-corrected chi connectivity index (χ2v) is 8.36. The van der Waals surface area contributed by atoms with E-state index in [1.165, 1.54) is 0 Å². The van der Waals surface area contributed by atoms with Crippen molar-refractivity contribution in [3.05, 3.63) is 99.7 Å². The molecule has 1 N–H and O–H groups in total. The Kier molecular flexibility index (Phi) is 6.52. The average molecular weight is 475 g/mol. The van der Waals surface area contributed by atoms with E-state index in [9.17, 15) is 14.4 Å². The Morgan fingerprint density at radius 1 is 0.971 bits per heavy atom. The van der Waals surface area contributed by atoms with Crippen LogP contribution < -0.4 is 15.0 Å². The molecule has 1 heterocycles. The van der Waals surface area contributed by atoms with Crippen LogP contribution in [0.15, 0.2) is 77.5 Å². The Balaban J connectivity index is 1.51. The molecule has 0 bridgehead atoms. The van der Waals surface area contributed by atoms with Crippen LogP contribution in [0, 0.1) is 13.8 Å². The third kappa shape index (κ3) is 4.45. The number of amides is 2. The number of anilines is 2. The molecule has 0 fully saturated rings. The molecule has 0 saturated heterocycles. The van der Waals surface area contributed by atoms with Gasteiger partial charge in [0.2, 0.25) is 0 Å². The molecule has 3 aromatic carbocycles. The monoisotopic (exact) mass is 474 g/mol. The van der Waals surface area contributed by atoms with E-state index in [2.05, 4.69) is 5.32 Å². The summed E-state index contributed by atoms with van der Waals surface area (Å²) in [6.07, 6.45) is 0.744. The Labute approximate surface area is 202 Å². The van der Waals surface area contributed by atoms with Crippen LogP contribution in [0.3, 0.4) is 0 Å². The Hall–Kier alpha value is -3.90. The van der Waals surface area contributed by atoms with Gasteiger partial charge in [-0.1, -0.05) is 48.9 Å². The summed E-state index contributed by atoms with van der Waals surface area (Å²) >= 11 is 6.24. The van der Waals surface area contributed by atoms with Gasteiger partial charge in [-0.15, -0.1) is 0 Å². The molecule has 0 unspecified atom stereocenters. The molecule has 1 aliphatic heterocycles. The number of halogens is 1. The number of para-hydroxylation sites is 1. The molecule has 3 aromatic rings. The van der Waals surface area contributed by atoms with Crippen molar-refractivity contribution in [2.24, 2.45) is 0 Å². The maximum Gasteiger partial charge on any atom is 0.343 e. The van der Waals surface area contributed by atoms with Gasteiger partial charge in [-0.25, -0.2) is 9.69 Å². The summed E-state index contributed by atoms with van der Waals surface area (Å²) in [4.78, 5) is 39.5. The van der Waals surface area contributed by atoms with Crippen LogP contribution in [-0.2, 0) is 16.0 Å². The highest BCUT2D eigenvalue weighted by Crippen LogP contribution is 2.32. The number of ether oxygens (including phenoxy) is 1. The highest BCUT2D eigenvalue weighted by Gasteiger charge is 2.39. The number of nitrogens with one attached hydrogen (secondary N) is 1. The van der Waals surface area contributed by atoms with E-state index in [0.717, 1.165) is 28.0 Å². The summed E-state index contributed by atoms with van der Waals surface area (Å²) in [6.45, 7) is 5.70. The van der Waals surface area contributed by atoms with Gasteiger partial charge < -0.3 is 10.1 Å². The molecule has 7 heteroatoms. The van der Waals surface area contributed by atoms with Crippen LogP contribution in [-0.4, -0.2) is 17.8 Å². The molecule has 0 radical (unpaired) electrons. The number of hydrogen-bond acceptors (Lipinski definition) is 5. The first-order valence-electron chi connectivity index (χ1n) is 10.8. The number of hydrogen-bond donors (Lipinski definition) is 1. The van der Waals surface area contributed by atoms with Crippen molar-refractivity contribution in [1.29, 1.82) is 0 Å². The Morgan fingerprint density at radius 2 is 1.68 bits per heavy atom. The van der Waals surface area contributed by atoms with Crippen molar-refractivity contribution in [2.45, 2.75) is 27.2 Å². The third-order valence-electron chi connectivity index (χ3n) is 5.58. The summed E-state index contributed by atoms with van der Waals surface area (Å²) in [5, 5.41) is 2.73. The third-order valence-corrected chi connectivity index (χ3v) is 5.93. The zero-order valence-corrected chi connectivity index (χ0v) is 19.8. The van der Waals surface area contributed by atoms with E-state index >= 15 is 0 Å². The second-order valence-electron chi connectivity index (χ2n) is 7.98. The van der Waals surface area contributed by atoms with Gasteiger partial charge in [0.05, 0.1) is 11.3 Å². The molecule has 0 spiro atoms. The molecule has 0 aliphatic carbocycles. The fourth-order valence-corrected chi connectivity index (χ4v) is 3.89. The first-order chi connectivity index (χ1) is 16.3. The summed E-state index contributed by atoms with van der Waals surface area (Å²) in [5.41, 5.74) is 3.97. The molecule has 4 rings (SSSR count). The van der Waals surface area contributed by atoms with Crippen LogP contribution in [0.5, 0.6) is 5.75 Å². The van der Waals surface area contributed by atoms with Gasteiger partial charge in [0.1, 0.15) is 16.5 Å². The smallest absolute Gasteiger partial charge is 0.343 e. The van der Waals surface area contributed by atoms with E-state index in [1.807, 2.05) is 51.1 Å². The average Bonchev–Trinajstić information content (AvgIpc) is 3.04. The molecule has 34 heavy (non-hydrogen) atoms. The first-order valence-corrected chi connectivity index (χ1v) is 11.2. The van der Waals surface area contributed by atoms with Gasteiger partial charge in [-0.2, -0.15) is 0 Å². The van der Waals surface area contributed by atoms with Gasteiger partial charge in [-0.3, -0.25) is 9.59 Å². The summed E-state index contributed by atoms with van der Waals surface area (Å²) in [7, 11) is 0. The lowest BCUT2D eigenvalue weighted by atomic mass is 10.1. The number of nitrogens with zero attached hydrogens (tertiary/aromatic N) is 1. The van der Waals surface area contributed by atoms with Gasteiger partial charge in [0.15, 0.2) is 0 Å². The van der Waals surface area contributed by atoms with Crippen LogP contribution in [0.1, 0.15) is 34.0 Å². The Morgan fingerprint density at radius 3 is 2.38 bits per heavy atom. The maximum atomic E-state index is 13.1. The fourth-order valence-electron chi connectivity index (χ4n) is 3.68. The lowest BCUT2D eigenvalue weighted by Gasteiger charge is -2.18. The van der Waals surface area contributed by atoms with Crippen LogP contribution in [0.4, 0.5) is 11.4 Å². The largest absolute Gasteiger partial charge is 0.423 e. The summed E-state index contributed by atoms with van der Waals surface area (Å²) in [5.74, 6) is -1.09. The zero-order valence-electron chi connectivity index (χ0n) is 19.0. The zero-order chi connectivity index (χ0) is 24.4. The highest BCUT2D eigenvalue weighted by atomic mass is 35.5. The van der Waals surface area contributed by atoms with E-state index < -0.39 is 17.8 Å². The maximum absolute atomic E-state index is 13.1. The number of aryl methyl sites for hydroxylation is 3. The quantitative estimate of drug-likeness (QED) is 0.289. The van der Waals surface area contributed by atoms with Gasteiger partial charge in [0, 0.05) is 5.69 Å². The first kappa shape index (κ1) is 23.3. The number of carbonyl (C=O) groups excluding carboxylic acids is 3. The van der Waals surface area contributed by atoms with Gasteiger partial charge in [0.25, 0.3) is 11.8 Å². The summed E-state index contributed by atoms with van der Waals surface area (Å²) in [6, 6.07) is 19.3. The Bertz CT molecular complexity index is 1330. The lowest BCUT2D eigenvalue weighted by Crippen LogP contribution is -2.32. The van der Waals surface area contributed by atoms with Crippen molar-refractivity contribution < 1.29 is 19.1 Å². The normalized spacial score (nSPS) is 13.5.